The zero-order chi connectivity index (χ0) is 12.2. The second-order valence-corrected chi connectivity index (χ2v) is 6.66. The van der Waals surface area contributed by atoms with Crippen molar-refractivity contribution in [1.29, 1.82) is 0 Å². The van der Waals surface area contributed by atoms with Crippen LogP contribution in [0.2, 0.25) is 0 Å². The molecule has 0 bridgehead atoms. The lowest BCUT2D eigenvalue weighted by Crippen LogP contribution is -2.48. The molecule has 0 saturated heterocycles. The van der Waals surface area contributed by atoms with Crippen LogP contribution in [-0.2, 0) is 10.0 Å². The van der Waals surface area contributed by atoms with E-state index in [1.807, 2.05) is 6.92 Å². The molecule has 0 aliphatic heterocycles. The summed E-state index contributed by atoms with van der Waals surface area (Å²) in [6.07, 6.45) is 4.34. The molecule has 0 aromatic carbocycles. The zero-order valence-corrected chi connectivity index (χ0v) is 11.2. The summed E-state index contributed by atoms with van der Waals surface area (Å²) in [6, 6.07) is 0.133. The maximum atomic E-state index is 12.0. The third-order valence-electron chi connectivity index (χ3n) is 3.58. The summed E-state index contributed by atoms with van der Waals surface area (Å²) >= 11 is 0. The molecule has 1 aliphatic carbocycles. The van der Waals surface area contributed by atoms with E-state index in [1.165, 1.54) is 6.42 Å². The van der Waals surface area contributed by atoms with Crippen LogP contribution >= 0.6 is 0 Å². The molecule has 0 heterocycles. The molecule has 1 rings (SSSR count). The molecule has 1 saturated carbocycles. The Balaban J connectivity index is 2.85. The van der Waals surface area contributed by atoms with Crippen LogP contribution in [0.1, 0.15) is 39.5 Å². The fourth-order valence-corrected chi connectivity index (χ4v) is 4.06. The number of rotatable bonds is 5. The average Bonchev–Trinajstić information content (AvgIpc) is 2.30. The topological polar surface area (TPSA) is 63.4 Å². The van der Waals surface area contributed by atoms with Gasteiger partial charge >= 0.3 is 0 Å². The molecule has 1 fully saturated rings. The van der Waals surface area contributed by atoms with Crippen molar-refractivity contribution in [2.75, 3.05) is 18.8 Å². The van der Waals surface area contributed by atoms with Crippen LogP contribution in [-0.4, -0.2) is 37.6 Å². The summed E-state index contributed by atoms with van der Waals surface area (Å²) in [6.45, 7) is 4.78. The highest BCUT2D eigenvalue weighted by Gasteiger charge is 2.34. The smallest absolute Gasteiger partial charge is 0.214 e. The standard InChI is InChI=1S/C11H24N2O2S/c1-3-13(16(14,15)4-2)11-8-6-5-7-10(11)9-12/h10-11H,3-9,12H2,1-2H3. The minimum absolute atomic E-state index is 0.133. The Labute approximate surface area is 99.2 Å². The molecule has 2 unspecified atom stereocenters. The molecule has 0 amide bonds. The molecule has 1 aliphatic rings. The van der Waals surface area contributed by atoms with Crippen molar-refractivity contribution in [3.8, 4) is 0 Å². The van der Waals surface area contributed by atoms with Crippen molar-refractivity contribution in [1.82, 2.24) is 4.31 Å². The molecule has 96 valence electrons. The number of hydrogen-bond donors (Lipinski definition) is 1. The van der Waals surface area contributed by atoms with Gasteiger partial charge in [0.05, 0.1) is 5.75 Å². The first-order valence-corrected chi connectivity index (χ1v) is 7.87. The van der Waals surface area contributed by atoms with Crippen molar-refractivity contribution in [2.45, 2.75) is 45.6 Å². The lowest BCUT2D eigenvalue weighted by molar-refractivity contribution is 0.188. The van der Waals surface area contributed by atoms with Crippen LogP contribution in [0.15, 0.2) is 0 Å². The average molecular weight is 248 g/mol. The lowest BCUT2D eigenvalue weighted by Gasteiger charge is -2.38. The molecular formula is C11H24N2O2S. The molecule has 2 atom stereocenters. The SMILES string of the molecule is CCN(C1CCCCC1CN)S(=O)(=O)CC. The number of sulfonamides is 1. The van der Waals surface area contributed by atoms with Gasteiger partial charge < -0.3 is 5.73 Å². The van der Waals surface area contributed by atoms with E-state index < -0.39 is 10.0 Å². The van der Waals surface area contributed by atoms with Crippen molar-refractivity contribution in [3.05, 3.63) is 0 Å². The van der Waals surface area contributed by atoms with Crippen molar-refractivity contribution in [2.24, 2.45) is 11.7 Å². The minimum atomic E-state index is -3.08. The number of nitrogens with zero attached hydrogens (tertiary/aromatic N) is 1. The van der Waals surface area contributed by atoms with Crippen molar-refractivity contribution >= 4 is 10.0 Å². The Kier molecular flexibility index (Phi) is 5.21. The van der Waals surface area contributed by atoms with E-state index in [0.29, 0.717) is 19.0 Å². The van der Waals surface area contributed by atoms with E-state index in [-0.39, 0.29) is 11.8 Å². The highest BCUT2D eigenvalue weighted by Crippen LogP contribution is 2.29. The molecule has 2 N–H and O–H groups in total. The van der Waals surface area contributed by atoms with Gasteiger partial charge in [0.15, 0.2) is 0 Å². The zero-order valence-electron chi connectivity index (χ0n) is 10.4. The highest BCUT2D eigenvalue weighted by atomic mass is 32.2. The molecule has 0 spiro atoms. The summed E-state index contributed by atoms with van der Waals surface area (Å²) in [5.74, 6) is 0.532. The van der Waals surface area contributed by atoms with Crippen LogP contribution in [0.5, 0.6) is 0 Å². The van der Waals surface area contributed by atoms with Gasteiger partial charge in [0.2, 0.25) is 10.0 Å². The van der Waals surface area contributed by atoms with Crippen LogP contribution in [0, 0.1) is 5.92 Å². The fraction of sp³-hybridized carbons (Fsp3) is 1.00. The Morgan fingerprint density at radius 1 is 1.25 bits per heavy atom. The fourth-order valence-electron chi connectivity index (χ4n) is 2.65. The third-order valence-corrected chi connectivity index (χ3v) is 5.55. The predicted molar refractivity (Wildman–Crippen MR) is 66.6 cm³/mol. The first-order chi connectivity index (χ1) is 7.56. The van der Waals surface area contributed by atoms with Gasteiger partial charge in [0.25, 0.3) is 0 Å². The summed E-state index contributed by atoms with van der Waals surface area (Å²) in [7, 11) is -3.08. The van der Waals surface area contributed by atoms with Gasteiger partial charge in [-0.3, -0.25) is 0 Å². The van der Waals surface area contributed by atoms with Crippen LogP contribution < -0.4 is 5.73 Å². The van der Waals surface area contributed by atoms with E-state index >= 15 is 0 Å². The van der Waals surface area contributed by atoms with Gasteiger partial charge in [-0.1, -0.05) is 19.8 Å². The molecular weight excluding hydrogens is 224 g/mol. The van der Waals surface area contributed by atoms with Gasteiger partial charge in [-0.25, -0.2) is 8.42 Å². The summed E-state index contributed by atoms with van der Waals surface area (Å²) in [5.41, 5.74) is 5.75. The normalized spacial score (nSPS) is 27.2. The maximum Gasteiger partial charge on any atom is 0.214 e. The van der Waals surface area contributed by atoms with Crippen LogP contribution in [0.3, 0.4) is 0 Å². The molecule has 5 heteroatoms. The monoisotopic (exact) mass is 248 g/mol. The van der Waals surface area contributed by atoms with Gasteiger partial charge in [0.1, 0.15) is 0 Å². The molecule has 0 aromatic heterocycles. The summed E-state index contributed by atoms with van der Waals surface area (Å²) < 4.78 is 25.6. The minimum Gasteiger partial charge on any atom is -0.330 e. The first-order valence-electron chi connectivity index (χ1n) is 6.26. The Morgan fingerprint density at radius 3 is 2.38 bits per heavy atom. The van der Waals surface area contributed by atoms with Gasteiger partial charge in [-0.05, 0) is 32.2 Å². The highest BCUT2D eigenvalue weighted by molar-refractivity contribution is 7.89. The third kappa shape index (κ3) is 2.96. The van der Waals surface area contributed by atoms with Gasteiger partial charge in [0, 0.05) is 12.6 Å². The maximum absolute atomic E-state index is 12.0. The van der Waals surface area contributed by atoms with Gasteiger partial charge in [-0.2, -0.15) is 4.31 Å². The first kappa shape index (κ1) is 13.9. The van der Waals surface area contributed by atoms with E-state index in [4.69, 9.17) is 5.73 Å². The van der Waals surface area contributed by atoms with E-state index in [2.05, 4.69) is 0 Å². The molecule has 0 radical (unpaired) electrons. The second kappa shape index (κ2) is 5.98. The molecule has 16 heavy (non-hydrogen) atoms. The summed E-state index contributed by atoms with van der Waals surface area (Å²) in [5, 5.41) is 0. The van der Waals surface area contributed by atoms with E-state index in [0.717, 1.165) is 19.3 Å². The number of nitrogens with two attached hydrogens (primary N) is 1. The predicted octanol–water partition coefficient (Wildman–Crippen LogP) is 1.18. The van der Waals surface area contributed by atoms with Crippen LogP contribution in [0.25, 0.3) is 0 Å². The van der Waals surface area contributed by atoms with Crippen LogP contribution in [0.4, 0.5) is 0 Å². The van der Waals surface area contributed by atoms with Gasteiger partial charge in [-0.15, -0.1) is 0 Å². The quantitative estimate of drug-likeness (QED) is 0.794. The Hall–Kier alpha value is -0.130. The molecule has 4 nitrogen and oxygen atoms in total. The van der Waals surface area contributed by atoms with Crippen molar-refractivity contribution < 1.29 is 8.42 Å². The lowest BCUT2D eigenvalue weighted by atomic mass is 9.84. The number of hydrogen-bond acceptors (Lipinski definition) is 3. The van der Waals surface area contributed by atoms with E-state index in [9.17, 15) is 8.42 Å². The largest absolute Gasteiger partial charge is 0.330 e. The Bertz CT molecular complexity index is 303. The second-order valence-electron chi connectivity index (χ2n) is 4.45. The Morgan fingerprint density at radius 2 is 1.88 bits per heavy atom. The van der Waals surface area contributed by atoms with Crippen molar-refractivity contribution in [3.63, 3.8) is 0 Å². The summed E-state index contributed by atoms with van der Waals surface area (Å²) in [4.78, 5) is 0. The molecule has 0 aromatic rings. The van der Waals surface area contributed by atoms with E-state index in [1.54, 1.807) is 11.2 Å².